The van der Waals surface area contributed by atoms with Crippen LogP contribution >= 0.6 is 0 Å². The number of hydrogen-bond acceptors (Lipinski definition) is 7. The van der Waals surface area contributed by atoms with Gasteiger partial charge in [0.25, 0.3) is 0 Å². The fourth-order valence-electron chi connectivity index (χ4n) is 0.186. The summed E-state index contributed by atoms with van der Waals surface area (Å²) in [6.45, 7) is 0. The van der Waals surface area contributed by atoms with Crippen LogP contribution in [0.4, 0.5) is 4.79 Å². The van der Waals surface area contributed by atoms with Crippen molar-refractivity contribution in [2.75, 3.05) is 0 Å². The summed E-state index contributed by atoms with van der Waals surface area (Å²) in [4.78, 5) is 9.95. The van der Waals surface area contributed by atoms with E-state index in [1.54, 1.807) is 0 Å². The van der Waals surface area contributed by atoms with Crippen molar-refractivity contribution < 1.29 is 39.1 Å². The molecule has 0 aromatic rings. The molecule has 0 radical (unpaired) electrons. The van der Waals surface area contributed by atoms with Crippen LogP contribution in [0.1, 0.15) is 0 Å². The van der Waals surface area contributed by atoms with Gasteiger partial charge in [-0.25, -0.2) is 4.79 Å². The summed E-state index contributed by atoms with van der Waals surface area (Å²) in [5, 5.41) is 0. The van der Waals surface area contributed by atoms with E-state index in [9.17, 15) is 21.6 Å². The Kier molecular flexibility index (Phi) is 10.8. The first kappa shape index (κ1) is 20.5. The van der Waals surface area contributed by atoms with Crippen LogP contribution in [0.15, 0.2) is 0 Å². The fourth-order valence-corrected chi connectivity index (χ4v) is 0.641. The summed E-state index contributed by atoms with van der Waals surface area (Å²) in [5.74, 6) is 0. The molecule has 9 nitrogen and oxygen atoms in total. The molecule has 0 saturated carbocycles. The second-order valence-electron chi connectivity index (χ2n) is 1.27. The minimum absolute atomic E-state index is 0. The summed E-state index contributed by atoms with van der Waals surface area (Å²) in [6.07, 6.45) is -2.29. The van der Waals surface area contributed by atoms with Crippen LogP contribution in [0, 0.1) is 0 Å². The summed E-state index contributed by atoms with van der Waals surface area (Å²) < 4.78 is 60.1. The van der Waals surface area contributed by atoms with E-state index in [1.165, 1.54) is 0 Å². The van der Waals surface area contributed by atoms with Crippen molar-refractivity contribution in [3.8, 4) is 0 Å². The zero-order chi connectivity index (χ0) is 9.99. The van der Waals surface area contributed by atoms with Gasteiger partial charge in [-0.3, -0.25) is 17.5 Å². The van der Waals surface area contributed by atoms with E-state index in [2.05, 4.69) is 8.37 Å². The van der Waals surface area contributed by atoms with Gasteiger partial charge in [0.2, 0.25) is 0 Å². The van der Waals surface area contributed by atoms with Crippen molar-refractivity contribution in [1.29, 1.82) is 0 Å². The van der Waals surface area contributed by atoms with Crippen LogP contribution in [0.25, 0.3) is 0 Å². The molecule has 0 amide bonds. The van der Waals surface area contributed by atoms with Gasteiger partial charge < -0.3 is 0 Å². The molecule has 0 spiro atoms. The van der Waals surface area contributed by atoms with Gasteiger partial charge in [-0.1, -0.05) is 0 Å². The third-order valence-electron chi connectivity index (χ3n) is 0.347. The fraction of sp³-hybridized carbons (Fsp3) is 0. The molecule has 0 aromatic heterocycles. The molecule has 2 N–H and O–H groups in total. The van der Waals surface area contributed by atoms with Gasteiger partial charge in [0, 0.05) is 0 Å². The van der Waals surface area contributed by atoms with Gasteiger partial charge in [-0.15, -0.1) is 0 Å². The Morgan fingerprint density at radius 3 is 1.21 bits per heavy atom. The number of carbonyl (C=O) groups excluding carboxylic acids is 1. The molecule has 76 valence electrons. The number of rotatable bonds is 2. The van der Waals surface area contributed by atoms with Crippen LogP contribution in [0.3, 0.4) is 0 Å². The van der Waals surface area contributed by atoms with E-state index in [4.69, 9.17) is 9.11 Å². The van der Waals surface area contributed by atoms with Crippen molar-refractivity contribution >= 4 is 86.1 Å². The van der Waals surface area contributed by atoms with E-state index < -0.39 is 27.0 Å². The number of carbonyl (C=O) groups is 1. The molecule has 0 aliphatic heterocycles. The van der Waals surface area contributed by atoms with Crippen molar-refractivity contribution in [3.05, 3.63) is 0 Å². The molecule has 0 heterocycles. The standard InChI is InChI=1S/CH2O9S2.2Na.2H/c2-1(9-11(3,4)5)10-12(6,7)8;;;;/h(H,3,4,5)(H,6,7,8);;;;. The molecule has 0 aliphatic rings. The van der Waals surface area contributed by atoms with Gasteiger partial charge in [0.05, 0.1) is 0 Å². The van der Waals surface area contributed by atoms with Crippen molar-refractivity contribution in [2.45, 2.75) is 0 Å². The predicted octanol–water partition coefficient (Wildman–Crippen LogP) is -2.55. The van der Waals surface area contributed by atoms with Crippen molar-refractivity contribution in [2.24, 2.45) is 0 Å². The summed E-state index contributed by atoms with van der Waals surface area (Å²) >= 11 is 0. The first-order valence-corrected chi connectivity index (χ1v) is 4.71. The average molecular weight is 270 g/mol. The molecule has 0 aromatic carbocycles. The van der Waals surface area contributed by atoms with Gasteiger partial charge in [-0.05, 0) is 0 Å². The quantitative estimate of drug-likeness (QED) is 0.409. The first-order chi connectivity index (χ1) is 5.10. The van der Waals surface area contributed by atoms with Gasteiger partial charge in [0.1, 0.15) is 0 Å². The minimum atomic E-state index is -5.15. The summed E-state index contributed by atoms with van der Waals surface area (Å²) in [5.41, 5.74) is 0. The van der Waals surface area contributed by atoms with Crippen molar-refractivity contribution in [1.82, 2.24) is 0 Å². The zero-order valence-corrected chi connectivity index (χ0v) is 6.70. The van der Waals surface area contributed by atoms with Crippen LogP contribution in [0.2, 0.25) is 0 Å². The predicted molar refractivity (Wildman–Crippen MR) is 45.0 cm³/mol. The Morgan fingerprint density at radius 1 is 0.857 bits per heavy atom. The zero-order valence-electron chi connectivity index (χ0n) is 5.07. The monoisotopic (exact) mass is 270 g/mol. The Morgan fingerprint density at radius 2 is 1.07 bits per heavy atom. The Balaban J connectivity index is -0.000000605. The summed E-state index contributed by atoms with van der Waals surface area (Å²) in [6, 6.07) is 0. The Hall–Kier alpha value is 1.09. The molecule has 14 heavy (non-hydrogen) atoms. The molecule has 13 heteroatoms. The molecule has 0 saturated heterocycles. The van der Waals surface area contributed by atoms with Crippen molar-refractivity contribution in [3.63, 3.8) is 0 Å². The average Bonchev–Trinajstić information content (AvgIpc) is 1.49. The Bertz CT molecular complexity index is 328. The maximum atomic E-state index is 9.95. The maximum absolute atomic E-state index is 9.95. The Labute approximate surface area is 124 Å². The van der Waals surface area contributed by atoms with E-state index in [0.29, 0.717) is 0 Å². The van der Waals surface area contributed by atoms with Crippen LogP contribution < -0.4 is 0 Å². The van der Waals surface area contributed by atoms with Crippen LogP contribution in [0.5, 0.6) is 0 Å². The van der Waals surface area contributed by atoms with Gasteiger partial charge >= 0.3 is 86.1 Å². The SMILES string of the molecule is O=C(OS(=O)(=O)O)OS(=O)(=O)O.[NaH].[NaH]. The molecule has 0 unspecified atom stereocenters. The van der Waals surface area contributed by atoms with Crippen LogP contribution in [-0.4, -0.2) is 91.2 Å². The van der Waals surface area contributed by atoms with Crippen LogP contribution in [-0.2, 0) is 29.2 Å². The van der Waals surface area contributed by atoms with E-state index in [1.807, 2.05) is 0 Å². The molecule has 0 rings (SSSR count). The molecule has 0 atom stereocenters. The topological polar surface area (TPSA) is 144 Å². The van der Waals surface area contributed by atoms with E-state index in [0.717, 1.165) is 0 Å². The first-order valence-electron chi connectivity index (χ1n) is 1.98. The summed E-state index contributed by atoms with van der Waals surface area (Å²) in [7, 11) is -10.3. The molecular formula is CH4Na2O9S2. The van der Waals surface area contributed by atoms with E-state index in [-0.39, 0.29) is 59.1 Å². The third-order valence-corrected chi connectivity index (χ3v) is 1.04. The second-order valence-corrected chi connectivity index (χ2v) is 3.32. The normalized spacial score (nSPS) is 10.4. The van der Waals surface area contributed by atoms with Gasteiger partial charge in [-0.2, -0.15) is 16.8 Å². The van der Waals surface area contributed by atoms with E-state index >= 15 is 0 Å². The molecular weight excluding hydrogens is 266 g/mol. The molecule has 0 fully saturated rings. The molecule has 0 bridgehead atoms. The number of hydrogen-bond donors (Lipinski definition) is 2. The van der Waals surface area contributed by atoms with Gasteiger partial charge in [0.15, 0.2) is 0 Å². The third kappa shape index (κ3) is 15.6. The second kappa shape index (κ2) is 7.38. The molecule has 0 aliphatic carbocycles.